The minimum absolute atomic E-state index is 0.00534. The van der Waals surface area contributed by atoms with E-state index in [4.69, 9.17) is 4.74 Å². The summed E-state index contributed by atoms with van der Waals surface area (Å²) < 4.78 is 31.9. The summed E-state index contributed by atoms with van der Waals surface area (Å²) in [5.74, 6) is -1.24. The van der Waals surface area contributed by atoms with Crippen LogP contribution in [0.15, 0.2) is 42.5 Å². The minimum Gasteiger partial charge on any atom is -0.497 e. The molecule has 1 amide bonds. The second-order valence-corrected chi connectivity index (χ2v) is 6.40. The minimum atomic E-state index is -0.763. The zero-order chi connectivity index (χ0) is 18.5. The van der Waals surface area contributed by atoms with Gasteiger partial charge in [0.1, 0.15) is 17.4 Å². The average Bonchev–Trinajstić information content (AvgIpc) is 3.16. The van der Waals surface area contributed by atoms with E-state index in [0.29, 0.717) is 6.54 Å². The third kappa shape index (κ3) is 4.38. The van der Waals surface area contributed by atoms with Crippen molar-refractivity contribution < 1.29 is 18.3 Å². The normalized spacial score (nSPS) is 15.7. The van der Waals surface area contributed by atoms with Crippen LogP contribution < -0.4 is 10.1 Å². The van der Waals surface area contributed by atoms with Gasteiger partial charge < -0.3 is 10.1 Å². The second kappa shape index (κ2) is 8.27. The molecular weight excluding hydrogens is 338 g/mol. The third-order valence-corrected chi connectivity index (χ3v) is 4.66. The molecule has 1 N–H and O–H groups in total. The van der Waals surface area contributed by atoms with Crippen molar-refractivity contribution in [2.45, 2.75) is 18.9 Å². The molecule has 1 saturated heterocycles. The molecule has 0 radical (unpaired) electrons. The number of hydrogen-bond donors (Lipinski definition) is 1. The molecule has 0 aliphatic carbocycles. The molecule has 0 spiro atoms. The lowest BCUT2D eigenvalue weighted by Gasteiger charge is -2.28. The summed E-state index contributed by atoms with van der Waals surface area (Å²) in [5, 5.41) is 2.81. The van der Waals surface area contributed by atoms with Crippen LogP contribution in [0, 0.1) is 11.6 Å². The molecule has 1 aliphatic rings. The molecule has 2 aromatic carbocycles. The molecule has 1 unspecified atom stereocenters. The van der Waals surface area contributed by atoms with Gasteiger partial charge in [-0.2, -0.15) is 0 Å². The van der Waals surface area contributed by atoms with E-state index >= 15 is 0 Å². The fraction of sp³-hybridized carbons (Fsp3) is 0.350. The van der Waals surface area contributed by atoms with E-state index in [1.165, 1.54) is 0 Å². The van der Waals surface area contributed by atoms with Crippen molar-refractivity contribution in [3.8, 4) is 5.75 Å². The van der Waals surface area contributed by atoms with Crippen LogP contribution in [-0.4, -0.2) is 37.6 Å². The van der Waals surface area contributed by atoms with E-state index in [1.54, 1.807) is 7.11 Å². The number of methoxy groups -OCH3 is 1. The first-order valence-electron chi connectivity index (χ1n) is 8.69. The van der Waals surface area contributed by atoms with Crippen molar-refractivity contribution in [2.24, 2.45) is 0 Å². The molecule has 3 rings (SSSR count). The summed E-state index contributed by atoms with van der Waals surface area (Å²) in [6.07, 6.45) is 2.24. The number of nitrogens with one attached hydrogen (secondary N) is 1. The molecule has 1 fully saturated rings. The Morgan fingerprint density at radius 3 is 2.31 bits per heavy atom. The number of rotatable bonds is 6. The van der Waals surface area contributed by atoms with Gasteiger partial charge in [0.15, 0.2) is 0 Å². The molecule has 1 heterocycles. The summed E-state index contributed by atoms with van der Waals surface area (Å²) in [7, 11) is 1.62. The van der Waals surface area contributed by atoms with Crippen molar-refractivity contribution in [2.75, 3.05) is 26.7 Å². The van der Waals surface area contributed by atoms with Gasteiger partial charge in [-0.15, -0.1) is 0 Å². The first kappa shape index (κ1) is 18.3. The van der Waals surface area contributed by atoms with Crippen molar-refractivity contribution in [1.29, 1.82) is 0 Å². The first-order valence-corrected chi connectivity index (χ1v) is 8.69. The van der Waals surface area contributed by atoms with Crippen LogP contribution in [0.1, 0.15) is 34.8 Å². The van der Waals surface area contributed by atoms with Gasteiger partial charge in [0, 0.05) is 18.2 Å². The zero-order valence-corrected chi connectivity index (χ0v) is 14.7. The average molecular weight is 360 g/mol. The largest absolute Gasteiger partial charge is 0.497 e. The van der Waals surface area contributed by atoms with Crippen molar-refractivity contribution in [3.63, 3.8) is 0 Å². The Morgan fingerprint density at radius 1 is 1.12 bits per heavy atom. The Labute approximate surface area is 151 Å². The summed E-state index contributed by atoms with van der Waals surface area (Å²) in [5.41, 5.74) is 1.05. The number of carbonyl (C=O) groups excluding carboxylic acids is 1. The summed E-state index contributed by atoms with van der Waals surface area (Å²) in [6.45, 7) is 2.28. The van der Waals surface area contributed by atoms with Crippen LogP contribution in [0.4, 0.5) is 8.78 Å². The number of carbonyl (C=O) groups is 1. The fourth-order valence-electron chi connectivity index (χ4n) is 3.31. The standard InChI is InChI=1S/C20H22F2N2O2/c1-26-18-6-4-14(5-7-18)19(24-8-2-3-9-24)13-23-20(25)15-10-16(21)12-17(22)11-15/h4-7,10-12,19H,2-3,8-9,13H2,1H3,(H,23,25). The second-order valence-electron chi connectivity index (χ2n) is 6.40. The molecule has 2 aromatic rings. The first-order chi connectivity index (χ1) is 12.6. The number of likely N-dealkylation sites (tertiary alicyclic amines) is 1. The topological polar surface area (TPSA) is 41.6 Å². The highest BCUT2D eigenvalue weighted by Crippen LogP contribution is 2.26. The van der Waals surface area contributed by atoms with Crippen molar-refractivity contribution in [3.05, 3.63) is 65.2 Å². The van der Waals surface area contributed by atoms with Gasteiger partial charge in [-0.25, -0.2) is 8.78 Å². The van der Waals surface area contributed by atoms with E-state index in [9.17, 15) is 13.6 Å². The van der Waals surface area contributed by atoms with E-state index in [2.05, 4.69) is 10.2 Å². The molecule has 6 heteroatoms. The van der Waals surface area contributed by atoms with E-state index < -0.39 is 17.5 Å². The van der Waals surface area contributed by atoms with Gasteiger partial charge in [0.25, 0.3) is 5.91 Å². The van der Waals surface area contributed by atoms with Crippen molar-refractivity contribution >= 4 is 5.91 Å². The molecule has 0 aromatic heterocycles. The van der Waals surface area contributed by atoms with E-state index in [1.807, 2.05) is 24.3 Å². The Kier molecular flexibility index (Phi) is 5.83. The van der Waals surface area contributed by atoms with Gasteiger partial charge in [0.2, 0.25) is 0 Å². The highest BCUT2D eigenvalue weighted by atomic mass is 19.1. The highest BCUT2D eigenvalue weighted by molar-refractivity contribution is 5.94. The van der Waals surface area contributed by atoms with Crippen LogP contribution in [0.2, 0.25) is 0 Å². The number of benzene rings is 2. The quantitative estimate of drug-likeness (QED) is 0.857. The summed E-state index contributed by atoms with van der Waals surface area (Å²) in [4.78, 5) is 14.6. The van der Waals surface area contributed by atoms with Crippen LogP contribution in [0.5, 0.6) is 5.75 Å². The molecule has 138 valence electrons. The Hall–Kier alpha value is -2.47. The Balaban J connectivity index is 1.73. The lowest BCUT2D eigenvalue weighted by Crippen LogP contribution is -2.36. The smallest absolute Gasteiger partial charge is 0.251 e. The lowest BCUT2D eigenvalue weighted by molar-refractivity contribution is 0.0937. The third-order valence-electron chi connectivity index (χ3n) is 4.66. The molecule has 0 bridgehead atoms. The SMILES string of the molecule is COc1ccc(C(CNC(=O)c2cc(F)cc(F)c2)N2CCCC2)cc1. The number of nitrogens with zero attached hydrogens (tertiary/aromatic N) is 1. The lowest BCUT2D eigenvalue weighted by atomic mass is 10.0. The van der Waals surface area contributed by atoms with Crippen LogP contribution in [0.25, 0.3) is 0 Å². The highest BCUT2D eigenvalue weighted by Gasteiger charge is 2.24. The van der Waals surface area contributed by atoms with Crippen LogP contribution >= 0.6 is 0 Å². The van der Waals surface area contributed by atoms with Gasteiger partial charge in [-0.3, -0.25) is 9.69 Å². The monoisotopic (exact) mass is 360 g/mol. The van der Waals surface area contributed by atoms with Gasteiger partial charge in [0.05, 0.1) is 13.2 Å². The number of halogens is 2. The maximum Gasteiger partial charge on any atom is 0.251 e. The Morgan fingerprint density at radius 2 is 1.73 bits per heavy atom. The van der Waals surface area contributed by atoms with Gasteiger partial charge in [-0.05, 0) is 55.8 Å². The van der Waals surface area contributed by atoms with Crippen LogP contribution in [-0.2, 0) is 0 Å². The van der Waals surface area contributed by atoms with Crippen LogP contribution in [0.3, 0.4) is 0 Å². The maximum atomic E-state index is 13.3. The number of ether oxygens (including phenoxy) is 1. The van der Waals surface area contributed by atoms with Gasteiger partial charge in [-0.1, -0.05) is 12.1 Å². The Bertz CT molecular complexity index is 739. The molecule has 1 atom stereocenters. The van der Waals surface area contributed by atoms with Crippen molar-refractivity contribution in [1.82, 2.24) is 10.2 Å². The molecule has 1 aliphatic heterocycles. The fourth-order valence-corrected chi connectivity index (χ4v) is 3.31. The van der Waals surface area contributed by atoms with E-state index in [0.717, 1.165) is 55.4 Å². The molecule has 4 nitrogen and oxygen atoms in total. The predicted octanol–water partition coefficient (Wildman–Crippen LogP) is 3.54. The predicted molar refractivity (Wildman–Crippen MR) is 95.2 cm³/mol. The van der Waals surface area contributed by atoms with E-state index in [-0.39, 0.29) is 11.6 Å². The van der Waals surface area contributed by atoms with Gasteiger partial charge >= 0.3 is 0 Å². The maximum absolute atomic E-state index is 13.3. The zero-order valence-electron chi connectivity index (χ0n) is 14.7. The molecule has 0 saturated carbocycles. The number of hydrogen-bond acceptors (Lipinski definition) is 3. The molecule has 26 heavy (non-hydrogen) atoms. The molecular formula is C20H22F2N2O2. The summed E-state index contributed by atoms with van der Waals surface area (Å²) >= 11 is 0. The summed E-state index contributed by atoms with van der Waals surface area (Å²) in [6, 6.07) is 10.6. The number of amides is 1.